The van der Waals surface area contributed by atoms with Crippen LogP contribution in [0.3, 0.4) is 0 Å². The Balaban J connectivity index is 1.21. The van der Waals surface area contributed by atoms with Gasteiger partial charge in [0.1, 0.15) is 6.61 Å². The van der Waals surface area contributed by atoms with E-state index in [0.29, 0.717) is 6.54 Å². The molecule has 6 nitrogen and oxygen atoms in total. The number of piperidine rings is 1. The van der Waals surface area contributed by atoms with E-state index in [9.17, 15) is 4.79 Å². The first kappa shape index (κ1) is 20.6. The molecular formula is C23H35N3O3. The molecule has 0 saturated carbocycles. The number of anilines is 1. The normalized spacial score (nSPS) is 24.3. The minimum atomic E-state index is -0.0670. The van der Waals surface area contributed by atoms with Crippen LogP contribution in [0.2, 0.25) is 0 Å². The molecular weight excluding hydrogens is 366 g/mol. The number of carbonyl (C=O) groups is 1. The zero-order valence-electron chi connectivity index (χ0n) is 17.7. The maximum atomic E-state index is 11.6. The first-order valence-electron chi connectivity index (χ1n) is 11.2. The average Bonchev–Trinajstić information content (AvgIpc) is 3.40. The van der Waals surface area contributed by atoms with E-state index in [-0.39, 0.29) is 24.2 Å². The Bertz CT molecular complexity index is 664. The summed E-state index contributed by atoms with van der Waals surface area (Å²) >= 11 is 0. The number of hydrogen-bond donors (Lipinski definition) is 1. The van der Waals surface area contributed by atoms with Crippen molar-refractivity contribution < 1.29 is 14.3 Å². The molecule has 3 fully saturated rings. The molecule has 3 aliphatic heterocycles. The average molecular weight is 402 g/mol. The van der Waals surface area contributed by atoms with Crippen molar-refractivity contribution >= 4 is 11.6 Å². The molecule has 160 valence electrons. The fraction of sp³-hybridized carbons (Fsp3) is 0.696. The largest absolute Gasteiger partial charge is 0.375 e. The number of benzene rings is 1. The van der Waals surface area contributed by atoms with Gasteiger partial charge in [0.2, 0.25) is 5.91 Å². The van der Waals surface area contributed by atoms with Crippen LogP contribution in [-0.4, -0.2) is 69.0 Å². The molecule has 4 rings (SSSR count). The van der Waals surface area contributed by atoms with E-state index >= 15 is 0 Å². The SMILES string of the molecule is COCC(=O)NCC1CCC2(CCN(Cc3ccc(N4CCCC4)cc3)CC2)O1. The van der Waals surface area contributed by atoms with Gasteiger partial charge in [-0.1, -0.05) is 12.1 Å². The second-order valence-corrected chi connectivity index (χ2v) is 8.84. The summed E-state index contributed by atoms with van der Waals surface area (Å²) in [6, 6.07) is 9.16. The quantitative estimate of drug-likeness (QED) is 0.761. The molecule has 1 unspecified atom stereocenters. The molecule has 1 N–H and O–H groups in total. The molecule has 1 amide bonds. The zero-order valence-corrected chi connectivity index (χ0v) is 17.7. The molecule has 1 aromatic rings. The van der Waals surface area contributed by atoms with Crippen LogP contribution < -0.4 is 10.2 Å². The summed E-state index contributed by atoms with van der Waals surface area (Å²) in [4.78, 5) is 16.6. The third kappa shape index (κ3) is 5.30. The monoisotopic (exact) mass is 401 g/mol. The van der Waals surface area contributed by atoms with Gasteiger partial charge in [0.15, 0.2) is 0 Å². The Kier molecular flexibility index (Phi) is 6.73. The minimum absolute atomic E-state index is 0.0206. The number of hydrogen-bond acceptors (Lipinski definition) is 5. The zero-order chi connectivity index (χ0) is 20.1. The van der Waals surface area contributed by atoms with Gasteiger partial charge < -0.3 is 19.7 Å². The van der Waals surface area contributed by atoms with E-state index < -0.39 is 0 Å². The molecule has 1 spiro atoms. The van der Waals surface area contributed by atoms with Crippen molar-refractivity contribution in [1.29, 1.82) is 0 Å². The van der Waals surface area contributed by atoms with Gasteiger partial charge in [-0.2, -0.15) is 0 Å². The molecule has 29 heavy (non-hydrogen) atoms. The number of nitrogens with one attached hydrogen (secondary N) is 1. The molecule has 6 heteroatoms. The maximum Gasteiger partial charge on any atom is 0.246 e. The highest BCUT2D eigenvalue weighted by molar-refractivity contribution is 5.77. The van der Waals surface area contributed by atoms with Gasteiger partial charge in [0.25, 0.3) is 0 Å². The molecule has 0 radical (unpaired) electrons. The highest BCUT2D eigenvalue weighted by Crippen LogP contribution is 2.39. The van der Waals surface area contributed by atoms with Crippen molar-refractivity contribution in [3.05, 3.63) is 29.8 Å². The lowest BCUT2D eigenvalue weighted by atomic mass is 9.88. The van der Waals surface area contributed by atoms with E-state index in [0.717, 1.165) is 45.3 Å². The summed E-state index contributed by atoms with van der Waals surface area (Å²) < 4.78 is 11.3. The number of nitrogens with zero attached hydrogens (tertiary/aromatic N) is 2. The van der Waals surface area contributed by atoms with Gasteiger partial charge in [0, 0.05) is 52.1 Å². The first-order valence-corrected chi connectivity index (χ1v) is 11.2. The summed E-state index contributed by atoms with van der Waals surface area (Å²) in [7, 11) is 1.54. The summed E-state index contributed by atoms with van der Waals surface area (Å²) in [5.41, 5.74) is 2.79. The number of methoxy groups -OCH3 is 1. The van der Waals surface area contributed by atoms with Crippen LogP contribution in [0.1, 0.15) is 44.1 Å². The molecule has 3 saturated heterocycles. The molecule has 1 atom stereocenters. The summed E-state index contributed by atoms with van der Waals surface area (Å²) in [5.74, 6) is -0.0670. The van der Waals surface area contributed by atoms with Crippen molar-refractivity contribution in [2.75, 3.05) is 51.3 Å². The molecule has 3 heterocycles. The van der Waals surface area contributed by atoms with Crippen molar-refractivity contribution in [2.45, 2.75) is 56.8 Å². The lowest BCUT2D eigenvalue weighted by molar-refractivity contribution is -0.126. The third-order valence-corrected chi connectivity index (χ3v) is 6.72. The Hall–Kier alpha value is -1.63. The highest BCUT2D eigenvalue weighted by atomic mass is 16.5. The lowest BCUT2D eigenvalue weighted by Gasteiger charge is -2.39. The number of likely N-dealkylation sites (tertiary alicyclic amines) is 1. The van der Waals surface area contributed by atoms with Crippen molar-refractivity contribution in [2.24, 2.45) is 0 Å². The van der Waals surface area contributed by atoms with Crippen LogP contribution in [0.4, 0.5) is 5.69 Å². The van der Waals surface area contributed by atoms with Gasteiger partial charge in [0.05, 0.1) is 11.7 Å². The van der Waals surface area contributed by atoms with Gasteiger partial charge in [-0.15, -0.1) is 0 Å². The maximum absolute atomic E-state index is 11.6. The van der Waals surface area contributed by atoms with Gasteiger partial charge >= 0.3 is 0 Å². The van der Waals surface area contributed by atoms with Crippen LogP contribution in [0, 0.1) is 0 Å². The second kappa shape index (κ2) is 9.45. The van der Waals surface area contributed by atoms with Crippen LogP contribution in [0.25, 0.3) is 0 Å². The first-order chi connectivity index (χ1) is 14.2. The van der Waals surface area contributed by atoms with E-state index in [1.807, 2.05) is 0 Å². The fourth-order valence-corrected chi connectivity index (χ4v) is 4.98. The van der Waals surface area contributed by atoms with E-state index in [1.54, 1.807) is 0 Å². The van der Waals surface area contributed by atoms with E-state index in [2.05, 4.69) is 39.4 Å². The van der Waals surface area contributed by atoms with Crippen LogP contribution in [-0.2, 0) is 20.8 Å². The molecule has 1 aromatic carbocycles. The summed E-state index contributed by atoms with van der Waals surface area (Å²) in [6.45, 7) is 6.29. The predicted octanol–water partition coefficient (Wildman–Crippen LogP) is 2.56. The van der Waals surface area contributed by atoms with Crippen LogP contribution in [0.5, 0.6) is 0 Å². The smallest absolute Gasteiger partial charge is 0.246 e. The van der Waals surface area contributed by atoms with Crippen molar-refractivity contribution in [3.8, 4) is 0 Å². The number of rotatable bonds is 7. The van der Waals surface area contributed by atoms with Crippen molar-refractivity contribution in [3.63, 3.8) is 0 Å². The highest BCUT2D eigenvalue weighted by Gasteiger charge is 2.42. The summed E-state index contributed by atoms with van der Waals surface area (Å²) in [5, 5.41) is 2.91. The molecule has 0 bridgehead atoms. The Morgan fingerprint density at radius 3 is 2.55 bits per heavy atom. The van der Waals surface area contributed by atoms with E-state index in [4.69, 9.17) is 9.47 Å². The minimum Gasteiger partial charge on any atom is -0.375 e. The van der Waals surface area contributed by atoms with Crippen molar-refractivity contribution in [1.82, 2.24) is 10.2 Å². The molecule has 0 aromatic heterocycles. The summed E-state index contributed by atoms with van der Waals surface area (Å²) in [6.07, 6.45) is 7.09. The van der Waals surface area contributed by atoms with Gasteiger partial charge in [-0.3, -0.25) is 9.69 Å². The number of amides is 1. The standard InChI is InChI=1S/C23H35N3O3/c1-28-18-22(27)24-16-21-8-9-23(29-21)10-14-25(15-11-23)17-19-4-6-20(7-5-19)26-12-2-3-13-26/h4-7,21H,2-3,8-18H2,1H3,(H,24,27). The molecule has 0 aliphatic carbocycles. The third-order valence-electron chi connectivity index (χ3n) is 6.72. The predicted molar refractivity (Wildman–Crippen MR) is 114 cm³/mol. The number of carbonyl (C=O) groups excluding carboxylic acids is 1. The van der Waals surface area contributed by atoms with E-state index in [1.165, 1.54) is 44.3 Å². The van der Waals surface area contributed by atoms with Gasteiger partial charge in [-0.25, -0.2) is 0 Å². The van der Waals surface area contributed by atoms with Crippen LogP contribution in [0.15, 0.2) is 24.3 Å². The Labute approximate surface area is 174 Å². The second-order valence-electron chi connectivity index (χ2n) is 8.84. The fourth-order valence-electron chi connectivity index (χ4n) is 4.98. The van der Waals surface area contributed by atoms with Gasteiger partial charge in [-0.05, 0) is 56.2 Å². The molecule has 3 aliphatic rings. The number of ether oxygens (including phenoxy) is 2. The topological polar surface area (TPSA) is 54.0 Å². The Morgan fingerprint density at radius 2 is 1.86 bits per heavy atom. The van der Waals surface area contributed by atoms with Crippen LogP contribution >= 0.6 is 0 Å². The Morgan fingerprint density at radius 1 is 1.14 bits per heavy atom. The lowest BCUT2D eigenvalue weighted by Crippen LogP contribution is -2.45.